The molecule has 4 heterocycles. The average Bonchev–Trinajstić information content (AvgIpc) is 3.82. The van der Waals surface area contributed by atoms with E-state index >= 15 is 0 Å². The van der Waals surface area contributed by atoms with E-state index < -0.39 is 0 Å². The van der Waals surface area contributed by atoms with Crippen LogP contribution >= 0.6 is 0 Å². The van der Waals surface area contributed by atoms with Crippen molar-refractivity contribution in [3.8, 4) is 0 Å². The van der Waals surface area contributed by atoms with E-state index in [1.54, 1.807) is 23.1 Å². The summed E-state index contributed by atoms with van der Waals surface area (Å²) in [5.41, 5.74) is 7.87. The van der Waals surface area contributed by atoms with Gasteiger partial charge in [-0.05, 0) is 73.1 Å². The summed E-state index contributed by atoms with van der Waals surface area (Å²) >= 11 is 0. The Morgan fingerprint density at radius 3 is 1.86 bits per heavy atom. The van der Waals surface area contributed by atoms with Crippen LogP contribution in [0.2, 0.25) is 0 Å². The van der Waals surface area contributed by atoms with Crippen LogP contribution in [-0.2, 0) is 17.9 Å². The number of rotatable bonds is 8. The van der Waals surface area contributed by atoms with Crippen molar-refractivity contribution in [3.63, 3.8) is 0 Å². The fraction of sp³-hybridized carbons (Fsp3) is 0.346. The molecule has 0 aromatic carbocycles. The second-order valence-electron chi connectivity index (χ2n) is 8.85. The molecule has 0 radical (unpaired) electrons. The highest BCUT2D eigenvalue weighted by molar-refractivity contribution is 5.56. The normalized spacial score (nSPS) is 14.2. The van der Waals surface area contributed by atoms with Crippen LogP contribution in [0.3, 0.4) is 0 Å². The average molecular weight is 473 g/mol. The van der Waals surface area contributed by atoms with Crippen LogP contribution in [0.15, 0.2) is 73.6 Å². The number of pyridine rings is 2. The molecule has 2 aliphatic carbocycles. The molecule has 2 aliphatic rings. The molecule has 0 saturated heterocycles. The quantitative estimate of drug-likeness (QED) is 0.376. The molecule has 4 aromatic rings. The molecule has 9 heteroatoms. The Balaban J connectivity index is 0.000000141. The van der Waals surface area contributed by atoms with Gasteiger partial charge in [0.15, 0.2) is 0 Å². The van der Waals surface area contributed by atoms with Gasteiger partial charge in [-0.25, -0.2) is 0 Å². The molecule has 9 nitrogen and oxygen atoms in total. The Hall–Kier alpha value is -4.01. The Kier molecular flexibility index (Phi) is 8.58. The maximum absolute atomic E-state index is 9.57. The van der Waals surface area contributed by atoms with Crippen molar-refractivity contribution in [2.75, 3.05) is 17.6 Å². The monoisotopic (exact) mass is 472 g/mol. The lowest BCUT2D eigenvalue weighted by molar-refractivity contribution is -0.108. The number of nitrogens with zero attached hydrogens (tertiary/aromatic N) is 6. The fourth-order valence-corrected chi connectivity index (χ4v) is 3.16. The van der Waals surface area contributed by atoms with Crippen molar-refractivity contribution in [1.82, 2.24) is 29.5 Å². The van der Waals surface area contributed by atoms with Gasteiger partial charge in [0.1, 0.15) is 17.9 Å². The molecular weight excluding hydrogens is 440 g/mol. The number of anilines is 2. The van der Waals surface area contributed by atoms with Gasteiger partial charge in [-0.1, -0.05) is 0 Å². The first kappa shape index (κ1) is 24.1. The molecule has 0 bridgehead atoms. The molecule has 0 spiro atoms. The van der Waals surface area contributed by atoms with E-state index in [-0.39, 0.29) is 0 Å². The van der Waals surface area contributed by atoms with Crippen molar-refractivity contribution < 1.29 is 4.79 Å². The first-order valence-corrected chi connectivity index (χ1v) is 12.0. The lowest BCUT2D eigenvalue weighted by Crippen LogP contribution is -2.05. The van der Waals surface area contributed by atoms with Crippen LogP contribution in [-0.4, -0.2) is 42.4 Å². The molecule has 0 amide bonds. The van der Waals surface area contributed by atoms with Crippen molar-refractivity contribution in [2.45, 2.75) is 38.8 Å². The smallest absolute Gasteiger partial charge is 0.148 e. The third kappa shape index (κ3) is 9.04. The fourth-order valence-electron chi connectivity index (χ4n) is 3.16. The second-order valence-corrected chi connectivity index (χ2v) is 8.85. The van der Waals surface area contributed by atoms with Crippen molar-refractivity contribution in [3.05, 3.63) is 84.7 Å². The zero-order valence-corrected chi connectivity index (χ0v) is 19.8. The minimum Gasteiger partial charge on any atom is -0.382 e. The van der Waals surface area contributed by atoms with Crippen LogP contribution in [0.4, 0.5) is 11.6 Å². The van der Waals surface area contributed by atoms with E-state index in [0.717, 1.165) is 56.1 Å². The highest BCUT2D eigenvalue weighted by atomic mass is 16.1. The zero-order valence-electron chi connectivity index (χ0n) is 19.8. The van der Waals surface area contributed by atoms with Gasteiger partial charge in [0.05, 0.1) is 13.1 Å². The van der Waals surface area contributed by atoms with Crippen LogP contribution in [0, 0.1) is 11.8 Å². The number of aldehydes is 1. The zero-order chi connectivity index (χ0) is 24.3. The van der Waals surface area contributed by atoms with Gasteiger partial charge in [0.2, 0.25) is 0 Å². The number of hydrogen-bond acceptors (Lipinski definition) is 7. The van der Waals surface area contributed by atoms with Gasteiger partial charge in [0.25, 0.3) is 0 Å². The first-order chi connectivity index (χ1) is 17.2. The number of aromatic nitrogens is 6. The third-order valence-electron chi connectivity index (χ3n) is 5.57. The van der Waals surface area contributed by atoms with Gasteiger partial charge < -0.3 is 15.8 Å². The van der Waals surface area contributed by atoms with E-state index in [0.29, 0.717) is 11.7 Å². The molecule has 35 heavy (non-hydrogen) atoms. The number of hydrogen-bond donors (Lipinski definition) is 2. The summed E-state index contributed by atoms with van der Waals surface area (Å²) in [6.07, 6.45) is 17.1. The van der Waals surface area contributed by atoms with Crippen LogP contribution in [0.25, 0.3) is 0 Å². The standard InChI is InChI=1S/C13H16N4.C9H10N4.C4H6O/c1-2-11(1)9-15-13-5-8-17(16-13)10-12-3-6-14-7-4-12;10-9-3-6-13(12-9)7-8-1-4-11-5-2-8;5-3-4-1-2-4/h3-8,11H,1-2,9-10H2,(H,15,16);1-6H,7H2,(H2,10,12);3-4H,1-2H2. The minimum absolute atomic E-state index is 0.454. The topological polar surface area (TPSA) is 117 Å². The first-order valence-electron chi connectivity index (χ1n) is 12.0. The second kappa shape index (κ2) is 12.5. The van der Waals surface area contributed by atoms with Gasteiger partial charge >= 0.3 is 0 Å². The number of nitrogens with one attached hydrogen (secondary N) is 1. The van der Waals surface area contributed by atoms with Gasteiger partial charge in [-0.15, -0.1) is 0 Å². The van der Waals surface area contributed by atoms with Crippen LogP contribution in [0.5, 0.6) is 0 Å². The van der Waals surface area contributed by atoms with Gasteiger partial charge in [-0.3, -0.25) is 19.3 Å². The lowest BCUT2D eigenvalue weighted by atomic mass is 10.3. The summed E-state index contributed by atoms with van der Waals surface area (Å²) in [6, 6.07) is 11.7. The van der Waals surface area contributed by atoms with E-state index in [9.17, 15) is 4.79 Å². The predicted molar refractivity (Wildman–Crippen MR) is 136 cm³/mol. The summed E-state index contributed by atoms with van der Waals surface area (Å²) in [5, 5.41) is 11.9. The molecule has 6 rings (SSSR count). The van der Waals surface area contributed by atoms with Crippen LogP contribution in [0.1, 0.15) is 36.8 Å². The number of carbonyl (C=O) groups is 1. The lowest BCUT2D eigenvalue weighted by Gasteiger charge is -2.02. The molecule has 2 saturated carbocycles. The van der Waals surface area contributed by atoms with E-state index in [4.69, 9.17) is 5.73 Å². The summed E-state index contributed by atoms with van der Waals surface area (Å²) in [6.45, 7) is 2.60. The highest BCUT2D eigenvalue weighted by Gasteiger charge is 2.20. The third-order valence-corrected chi connectivity index (χ3v) is 5.57. The molecular formula is C26H32N8O. The predicted octanol–water partition coefficient (Wildman–Crippen LogP) is 3.65. The summed E-state index contributed by atoms with van der Waals surface area (Å²) in [4.78, 5) is 17.5. The molecule has 3 N–H and O–H groups in total. The van der Waals surface area contributed by atoms with Crippen molar-refractivity contribution in [1.29, 1.82) is 0 Å². The largest absolute Gasteiger partial charge is 0.382 e. The van der Waals surface area contributed by atoms with E-state index in [2.05, 4.69) is 25.5 Å². The van der Waals surface area contributed by atoms with Crippen LogP contribution < -0.4 is 11.1 Å². The molecule has 0 aliphatic heterocycles. The maximum atomic E-state index is 9.57. The number of nitrogens with two attached hydrogens (primary N) is 1. The summed E-state index contributed by atoms with van der Waals surface area (Å²) in [5.74, 6) is 2.86. The minimum atomic E-state index is 0.454. The Morgan fingerprint density at radius 1 is 0.829 bits per heavy atom. The number of nitrogen functional groups attached to an aromatic ring is 1. The van der Waals surface area contributed by atoms with E-state index in [1.807, 2.05) is 59.8 Å². The molecule has 0 unspecified atom stereocenters. The Labute approximate surface area is 205 Å². The number of carbonyl (C=O) groups excluding carboxylic acids is 1. The van der Waals surface area contributed by atoms with Crippen molar-refractivity contribution >= 4 is 17.9 Å². The van der Waals surface area contributed by atoms with Gasteiger partial charge in [0, 0.05) is 55.7 Å². The van der Waals surface area contributed by atoms with E-state index in [1.165, 1.54) is 18.4 Å². The Bertz CT molecular complexity index is 1150. The summed E-state index contributed by atoms with van der Waals surface area (Å²) < 4.78 is 3.75. The molecule has 182 valence electrons. The highest BCUT2D eigenvalue weighted by Crippen LogP contribution is 2.28. The SMILES string of the molecule is Nc1ccn(Cc2ccncc2)n1.O=CC1CC1.c1cc(Cn2ccc(NCC3CC3)n2)ccn1. The van der Waals surface area contributed by atoms with Gasteiger partial charge in [-0.2, -0.15) is 10.2 Å². The molecule has 2 fully saturated rings. The van der Waals surface area contributed by atoms with Crippen molar-refractivity contribution in [2.24, 2.45) is 11.8 Å². The molecule has 0 atom stereocenters. The Morgan fingerprint density at radius 2 is 1.40 bits per heavy atom. The summed E-state index contributed by atoms with van der Waals surface area (Å²) in [7, 11) is 0. The maximum Gasteiger partial charge on any atom is 0.148 e. The molecule has 4 aromatic heterocycles.